The number of hydrogen-bond acceptors (Lipinski definition) is 4. The highest BCUT2D eigenvalue weighted by Crippen LogP contribution is 2.34. The van der Waals surface area contributed by atoms with Crippen molar-refractivity contribution in [3.05, 3.63) is 81.2 Å². The van der Waals surface area contributed by atoms with Crippen molar-refractivity contribution < 1.29 is 4.79 Å². The molecule has 0 unspecified atom stereocenters. The monoisotopic (exact) mass is 378 g/mol. The third-order valence-corrected chi connectivity index (χ3v) is 6.29. The molecule has 2 heterocycles. The summed E-state index contributed by atoms with van der Waals surface area (Å²) in [7, 11) is 0. The number of nitrogens with one attached hydrogen (secondary N) is 1. The second-order valence-electron chi connectivity index (χ2n) is 6.30. The number of fused-ring (bicyclic) bond motifs is 1. The first kappa shape index (κ1) is 16.9. The van der Waals surface area contributed by atoms with Crippen LogP contribution < -0.4 is 5.32 Å². The van der Waals surface area contributed by atoms with E-state index < -0.39 is 0 Å². The number of benzene rings is 2. The average molecular weight is 379 g/mol. The molecule has 5 heteroatoms. The Labute approximate surface area is 160 Å². The number of amides is 1. The lowest BCUT2D eigenvalue weighted by Crippen LogP contribution is -2.12. The van der Waals surface area contributed by atoms with E-state index in [-0.39, 0.29) is 5.91 Å². The third kappa shape index (κ3) is 3.41. The highest BCUT2D eigenvalue weighted by Gasteiger charge is 2.19. The summed E-state index contributed by atoms with van der Waals surface area (Å²) in [5.41, 5.74) is 3.53. The molecule has 0 bridgehead atoms. The van der Waals surface area contributed by atoms with E-state index in [9.17, 15) is 4.79 Å². The second-order valence-corrected chi connectivity index (χ2v) is 8.59. The molecule has 130 valence electrons. The van der Waals surface area contributed by atoms with Crippen molar-refractivity contribution in [1.29, 1.82) is 0 Å². The minimum atomic E-state index is -0.0809. The zero-order valence-electron chi connectivity index (χ0n) is 14.6. The first-order valence-corrected chi connectivity index (χ1v) is 10.0. The molecule has 0 saturated carbocycles. The third-order valence-electron chi connectivity index (χ3n) is 4.25. The number of nitrogens with zero attached hydrogens (tertiary/aromatic N) is 1. The molecule has 26 heavy (non-hydrogen) atoms. The van der Waals surface area contributed by atoms with E-state index in [0.717, 1.165) is 31.8 Å². The van der Waals surface area contributed by atoms with E-state index in [2.05, 4.69) is 53.6 Å². The molecule has 0 fully saturated rings. The molecule has 0 aliphatic rings. The smallest absolute Gasteiger partial charge is 0.267 e. The number of carbonyl (C=O) groups is 1. The van der Waals surface area contributed by atoms with Gasteiger partial charge in [-0.15, -0.1) is 22.7 Å². The molecular weight excluding hydrogens is 360 g/mol. The van der Waals surface area contributed by atoms with Crippen molar-refractivity contribution in [2.24, 2.45) is 0 Å². The van der Waals surface area contributed by atoms with Crippen LogP contribution in [0.5, 0.6) is 0 Å². The predicted molar refractivity (Wildman–Crippen MR) is 111 cm³/mol. The van der Waals surface area contributed by atoms with Crippen LogP contribution in [0.3, 0.4) is 0 Å². The van der Waals surface area contributed by atoms with Crippen LogP contribution in [-0.2, 0) is 6.42 Å². The lowest BCUT2D eigenvalue weighted by molar-refractivity contribution is 0.103. The molecule has 0 saturated heterocycles. The SMILES string of the molecule is Cc1ccc(Cc2c(C(=O)Nc3ncc(C)s3)sc3ccccc23)cc1. The van der Waals surface area contributed by atoms with Crippen LogP contribution in [0.25, 0.3) is 10.1 Å². The van der Waals surface area contributed by atoms with Crippen LogP contribution in [0, 0.1) is 13.8 Å². The van der Waals surface area contributed by atoms with Gasteiger partial charge in [0.25, 0.3) is 5.91 Å². The van der Waals surface area contributed by atoms with Gasteiger partial charge >= 0.3 is 0 Å². The quantitative estimate of drug-likeness (QED) is 0.486. The molecule has 0 radical (unpaired) electrons. The summed E-state index contributed by atoms with van der Waals surface area (Å²) < 4.78 is 1.13. The average Bonchev–Trinajstić information content (AvgIpc) is 3.21. The van der Waals surface area contributed by atoms with Crippen molar-refractivity contribution in [2.45, 2.75) is 20.3 Å². The molecule has 2 aromatic carbocycles. The molecule has 2 aromatic heterocycles. The maximum Gasteiger partial charge on any atom is 0.267 e. The molecule has 4 rings (SSSR count). The molecule has 0 spiro atoms. The van der Waals surface area contributed by atoms with E-state index in [1.807, 2.05) is 19.1 Å². The zero-order valence-corrected chi connectivity index (χ0v) is 16.2. The van der Waals surface area contributed by atoms with Crippen molar-refractivity contribution in [1.82, 2.24) is 4.98 Å². The van der Waals surface area contributed by atoms with E-state index in [0.29, 0.717) is 5.13 Å². The summed E-state index contributed by atoms with van der Waals surface area (Å²) in [5, 5.41) is 4.75. The molecule has 1 N–H and O–H groups in total. The number of hydrogen-bond donors (Lipinski definition) is 1. The van der Waals surface area contributed by atoms with Crippen LogP contribution in [-0.4, -0.2) is 10.9 Å². The van der Waals surface area contributed by atoms with Gasteiger partial charge in [0.1, 0.15) is 0 Å². The number of rotatable bonds is 4. The maximum absolute atomic E-state index is 12.9. The van der Waals surface area contributed by atoms with Gasteiger partial charge in [0.2, 0.25) is 0 Å². The van der Waals surface area contributed by atoms with E-state index in [1.165, 1.54) is 22.5 Å². The molecule has 3 nitrogen and oxygen atoms in total. The van der Waals surface area contributed by atoms with Gasteiger partial charge in [-0.3, -0.25) is 10.1 Å². The number of carbonyl (C=O) groups excluding carboxylic acids is 1. The molecule has 4 aromatic rings. The minimum Gasteiger partial charge on any atom is -0.297 e. The van der Waals surface area contributed by atoms with Crippen molar-refractivity contribution in [3.8, 4) is 0 Å². The van der Waals surface area contributed by atoms with E-state index in [1.54, 1.807) is 17.5 Å². The first-order chi connectivity index (χ1) is 12.6. The molecular formula is C21H18N2OS2. The minimum absolute atomic E-state index is 0.0809. The van der Waals surface area contributed by atoms with Gasteiger partial charge in [-0.1, -0.05) is 48.0 Å². The Hall–Kier alpha value is -2.50. The molecule has 0 aliphatic carbocycles. The lowest BCUT2D eigenvalue weighted by Gasteiger charge is -2.06. The fourth-order valence-corrected chi connectivity index (χ4v) is 4.71. The van der Waals surface area contributed by atoms with Gasteiger partial charge in [0, 0.05) is 15.8 Å². The number of anilines is 1. The Kier molecular flexibility index (Phi) is 4.57. The van der Waals surface area contributed by atoms with E-state index in [4.69, 9.17) is 0 Å². The van der Waals surface area contributed by atoms with Crippen molar-refractivity contribution in [2.75, 3.05) is 5.32 Å². The van der Waals surface area contributed by atoms with Gasteiger partial charge in [0.05, 0.1) is 4.88 Å². The largest absolute Gasteiger partial charge is 0.297 e. The number of aromatic nitrogens is 1. The Balaban J connectivity index is 1.73. The van der Waals surface area contributed by atoms with Gasteiger partial charge < -0.3 is 0 Å². The fourth-order valence-electron chi connectivity index (χ4n) is 2.93. The standard InChI is InChI=1S/C21H18N2OS2/c1-13-7-9-15(10-8-13)11-17-16-5-3-4-6-18(16)26-19(17)20(24)23-21-22-12-14(2)25-21/h3-10,12H,11H2,1-2H3,(H,22,23,24). The fraction of sp³-hybridized carbons (Fsp3) is 0.143. The van der Waals surface area contributed by atoms with Crippen LogP contribution in [0.1, 0.15) is 31.2 Å². The topological polar surface area (TPSA) is 42.0 Å². The van der Waals surface area contributed by atoms with Crippen LogP contribution in [0.4, 0.5) is 5.13 Å². The Morgan fingerprint density at radius 3 is 2.54 bits per heavy atom. The van der Waals surface area contributed by atoms with Crippen LogP contribution in [0.2, 0.25) is 0 Å². The zero-order chi connectivity index (χ0) is 18.1. The molecule has 1 amide bonds. The second kappa shape index (κ2) is 7.02. The van der Waals surface area contributed by atoms with Crippen LogP contribution in [0.15, 0.2) is 54.7 Å². The Morgan fingerprint density at radius 1 is 1.04 bits per heavy atom. The number of aryl methyl sites for hydroxylation is 2. The van der Waals surface area contributed by atoms with Crippen molar-refractivity contribution in [3.63, 3.8) is 0 Å². The van der Waals surface area contributed by atoms with E-state index >= 15 is 0 Å². The summed E-state index contributed by atoms with van der Waals surface area (Å²) >= 11 is 3.04. The molecule has 0 atom stereocenters. The summed E-state index contributed by atoms with van der Waals surface area (Å²) in [4.78, 5) is 19.0. The summed E-state index contributed by atoms with van der Waals surface area (Å²) in [6.45, 7) is 4.06. The van der Waals surface area contributed by atoms with Gasteiger partial charge in [0.15, 0.2) is 5.13 Å². The highest BCUT2D eigenvalue weighted by molar-refractivity contribution is 7.21. The number of thiazole rings is 1. The van der Waals surface area contributed by atoms with Gasteiger partial charge in [-0.25, -0.2) is 4.98 Å². The normalized spacial score (nSPS) is 11.0. The van der Waals surface area contributed by atoms with Crippen LogP contribution >= 0.6 is 22.7 Å². The van der Waals surface area contributed by atoms with Gasteiger partial charge in [-0.05, 0) is 42.8 Å². The Bertz CT molecular complexity index is 1080. The maximum atomic E-state index is 12.9. The molecule has 0 aliphatic heterocycles. The number of thiophene rings is 1. The van der Waals surface area contributed by atoms with Crippen molar-refractivity contribution >= 4 is 43.8 Å². The highest BCUT2D eigenvalue weighted by atomic mass is 32.1. The first-order valence-electron chi connectivity index (χ1n) is 8.40. The summed E-state index contributed by atoms with van der Waals surface area (Å²) in [6.07, 6.45) is 2.52. The Morgan fingerprint density at radius 2 is 1.81 bits per heavy atom. The lowest BCUT2D eigenvalue weighted by atomic mass is 10.0. The summed E-state index contributed by atoms with van der Waals surface area (Å²) in [6, 6.07) is 16.7. The predicted octanol–water partition coefficient (Wildman–Crippen LogP) is 5.82. The van der Waals surface area contributed by atoms with Gasteiger partial charge in [-0.2, -0.15) is 0 Å². The summed E-state index contributed by atoms with van der Waals surface area (Å²) in [5.74, 6) is -0.0809.